The first kappa shape index (κ1) is 11.8. The van der Waals surface area contributed by atoms with Gasteiger partial charge in [0.15, 0.2) is 0 Å². The lowest BCUT2D eigenvalue weighted by atomic mass is 10.2. The predicted octanol–water partition coefficient (Wildman–Crippen LogP) is 0.401. The highest BCUT2D eigenvalue weighted by Gasteiger charge is 2.07. The number of anilines is 1. The largest absolute Gasteiger partial charge is 0.384 e. The number of carbonyl (C=O) groups is 1. The second-order valence-electron chi connectivity index (χ2n) is 3.31. The van der Waals surface area contributed by atoms with Crippen molar-refractivity contribution in [3.05, 3.63) is 41.9 Å². The number of nitrogens with zero attached hydrogens (tertiary/aromatic N) is 2. The summed E-state index contributed by atoms with van der Waals surface area (Å²) in [6.07, 6.45) is 3.02. The van der Waals surface area contributed by atoms with Crippen molar-refractivity contribution in [1.29, 1.82) is 0 Å². The predicted molar refractivity (Wildman–Crippen MR) is 64.7 cm³/mol. The first-order chi connectivity index (χ1) is 8.79. The second-order valence-corrected chi connectivity index (χ2v) is 3.31. The van der Waals surface area contributed by atoms with E-state index in [4.69, 9.17) is 5.11 Å². The van der Waals surface area contributed by atoms with Gasteiger partial charge in [-0.05, 0) is 18.2 Å². The fourth-order valence-corrected chi connectivity index (χ4v) is 1.28. The molecule has 3 N–H and O–H groups in total. The van der Waals surface area contributed by atoms with Crippen molar-refractivity contribution in [3.63, 3.8) is 0 Å². The van der Waals surface area contributed by atoms with Gasteiger partial charge in [0, 0.05) is 18.0 Å². The van der Waals surface area contributed by atoms with Gasteiger partial charge < -0.3 is 10.4 Å². The molecular formula is C12H10N4O2. The van der Waals surface area contributed by atoms with Crippen molar-refractivity contribution in [2.75, 3.05) is 11.9 Å². The minimum Gasteiger partial charge on any atom is -0.384 e. The molecule has 0 aliphatic rings. The summed E-state index contributed by atoms with van der Waals surface area (Å²) in [4.78, 5) is 15.7. The van der Waals surface area contributed by atoms with Crippen LogP contribution in [-0.4, -0.2) is 32.8 Å². The van der Waals surface area contributed by atoms with Crippen molar-refractivity contribution in [2.24, 2.45) is 0 Å². The van der Waals surface area contributed by atoms with Gasteiger partial charge in [-0.25, -0.2) is 4.98 Å². The third-order valence-corrected chi connectivity index (χ3v) is 2.06. The lowest BCUT2D eigenvalue weighted by Crippen LogP contribution is -2.13. The summed E-state index contributed by atoms with van der Waals surface area (Å²) in [5.74, 6) is 5.31. The normalized spacial score (nSPS) is 9.39. The van der Waals surface area contributed by atoms with Gasteiger partial charge in [0.05, 0.1) is 0 Å². The number of rotatable bonds is 2. The first-order valence-corrected chi connectivity index (χ1v) is 5.16. The number of hydrogen-bond donors (Lipinski definition) is 3. The van der Waals surface area contributed by atoms with Crippen molar-refractivity contribution >= 4 is 11.7 Å². The van der Waals surface area contributed by atoms with Crippen LogP contribution in [0.5, 0.6) is 0 Å². The fraction of sp³-hybridized carbons (Fsp3) is 0.0833. The maximum absolute atomic E-state index is 11.7. The van der Waals surface area contributed by atoms with Crippen molar-refractivity contribution in [3.8, 4) is 11.8 Å². The smallest absolute Gasteiger partial charge is 0.274 e. The Morgan fingerprint density at radius 3 is 3.06 bits per heavy atom. The van der Waals surface area contributed by atoms with E-state index in [9.17, 15) is 4.79 Å². The zero-order chi connectivity index (χ0) is 12.8. The molecule has 0 aliphatic carbocycles. The first-order valence-electron chi connectivity index (χ1n) is 5.16. The Hall–Kier alpha value is -2.65. The molecule has 6 heteroatoms. The van der Waals surface area contributed by atoms with Crippen molar-refractivity contribution in [2.45, 2.75) is 0 Å². The second kappa shape index (κ2) is 5.61. The van der Waals surface area contributed by atoms with Crippen molar-refractivity contribution < 1.29 is 9.90 Å². The molecule has 0 bridgehead atoms. The summed E-state index contributed by atoms with van der Waals surface area (Å²) in [6.45, 7) is -0.210. The molecule has 0 saturated carbocycles. The van der Waals surface area contributed by atoms with Crippen LogP contribution in [0.4, 0.5) is 5.82 Å². The van der Waals surface area contributed by atoms with E-state index >= 15 is 0 Å². The van der Waals surface area contributed by atoms with E-state index in [1.165, 1.54) is 12.4 Å². The lowest BCUT2D eigenvalue weighted by Gasteiger charge is -2.02. The molecule has 2 heterocycles. The molecule has 0 atom stereocenters. The summed E-state index contributed by atoms with van der Waals surface area (Å²) in [7, 11) is 0. The van der Waals surface area contributed by atoms with Gasteiger partial charge in [-0.2, -0.15) is 5.10 Å². The molecule has 0 saturated heterocycles. The Labute approximate surface area is 103 Å². The van der Waals surface area contributed by atoms with E-state index in [0.717, 1.165) is 0 Å². The van der Waals surface area contributed by atoms with E-state index in [-0.39, 0.29) is 12.5 Å². The molecule has 90 valence electrons. The van der Waals surface area contributed by atoms with Gasteiger partial charge in [-0.1, -0.05) is 11.8 Å². The van der Waals surface area contributed by atoms with Gasteiger partial charge in [0.25, 0.3) is 5.91 Å². The number of amides is 1. The molecule has 0 aliphatic heterocycles. The molecule has 0 aromatic carbocycles. The van der Waals surface area contributed by atoms with Gasteiger partial charge in [-0.3, -0.25) is 9.89 Å². The average molecular weight is 242 g/mol. The van der Waals surface area contributed by atoms with Crippen LogP contribution in [0.15, 0.2) is 30.6 Å². The maximum Gasteiger partial charge on any atom is 0.274 e. The van der Waals surface area contributed by atoms with Gasteiger partial charge in [0.2, 0.25) is 0 Å². The van der Waals surface area contributed by atoms with Crippen LogP contribution in [0.25, 0.3) is 0 Å². The summed E-state index contributed by atoms with van der Waals surface area (Å²) >= 11 is 0. The zero-order valence-corrected chi connectivity index (χ0v) is 9.34. The van der Waals surface area contributed by atoms with Crippen LogP contribution >= 0.6 is 0 Å². The SMILES string of the molecule is O=C(Nc1cc(C#CCO)ccn1)c1ccn[nH]1. The van der Waals surface area contributed by atoms with Crippen LogP contribution in [0.3, 0.4) is 0 Å². The molecule has 0 unspecified atom stereocenters. The molecule has 18 heavy (non-hydrogen) atoms. The Morgan fingerprint density at radius 1 is 1.44 bits per heavy atom. The van der Waals surface area contributed by atoms with Gasteiger partial charge in [0.1, 0.15) is 18.1 Å². The number of hydrogen-bond acceptors (Lipinski definition) is 4. The maximum atomic E-state index is 11.7. The number of nitrogens with one attached hydrogen (secondary N) is 2. The number of pyridine rings is 1. The number of aromatic nitrogens is 3. The molecule has 2 aromatic heterocycles. The number of aliphatic hydroxyl groups excluding tert-OH is 1. The van der Waals surface area contributed by atoms with Crippen LogP contribution < -0.4 is 5.32 Å². The fourth-order valence-electron chi connectivity index (χ4n) is 1.28. The summed E-state index contributed by atoms with van der Waals surface area (Å²) in [5, 5.41) is 17.4. The Morgan fingerprint density at radius 2 is 2.33 bits per heavy atom. The third kappa shape index (κ3) is 2.93. The van der Waals surface area contributed by atoms with E-state index in [1.807, 2.05) is 0 Å². The standard InChI is InChI=1S/C12H10N4O2/c17-7-1-2-9-3-5-13-11(8-9)15-12(18)10-4-6-14-16-10/h3-6,8,17H,7H2,(H,14,16)(H,13,15,18). The monoisotopic (exact) mass is 242 g/mol. The molecular weight excluding hydrogens is 232 g/mol. The van der Waals surface area contributed by atoms with Crippen LogP contribution in [0, 0.1) is 11.8 Å². The van der Waals surface area contributed by atoms with Crippen molar-refractivity contribution in [1.82, 2.24) is 15.2 Å². The number of H-pyrrole nitrogens is 1. The Balaban J connectivity index is 2.12. The number of aromatic amines is 1. The number of carbonyl (C=O) groups excluding carboxylic acids is 1. The molecule has 0 radical (unpaired) electrons. The van der Waals surface area contributed by atoms with Crippen LogP contribution in [-0.2, 0) is 0 Å². The highest BCUT2D eigenvalue weighted by Crippen LogP contribution is 2.07. The zero-order valence-electron chi connectivity index (χ0n) is 9.34. The topological polar surface area (TPSA) is 90.9 Å². The highest BCUT2D eigenvalue weighted by molar-refractivity contribution is 6.02. The quantitative estimate of drug-likeness (QED) is 0.665. The highest BCUT2D eigenvalue weighted by atomic mass is 16.2. The molecule has 0 fully saturated rings. The minimum absolute atomic E-state index is 0.210. The Bertz CT molecular complexity index is 596. The van der Waals surface area contributed by atoms with E-state index < -0.39 is 0 Å². The summed E-state index contributed by atoms with van der Waals surface area (Å²) in [6, 6.07) is 4.87. The molecule has 2 aromatic rings. The molecule has 0 spiro atoms. The minimum atomic E-state index is -0.327. The lowest BCUT2D eigenvalue weighted by molar-refractivity contribution is 0.102. The average Bonchev–Trinajstić information content (AvgIpc) is 2.91. The molecule has 1 amide bonds. The van der Waals surface area contributed by atoms with E-state index in [2.05, 4.69) is 32.3 Å². The van der Waals surface area contributed by atoms with Crippen LogP contribution in [0.2, 0.25) is 0 Å². The molecule has 6 nitrogen and oxygen atoms in total. The van der Waals surface area contributed by atoms with E-state index in [0.29, 0.717) is 17.1 Å². The van der Waals surface area contributed by atoms with E-state index in [1.54, 1.807) is 18.2 Å². The van der Waals surface area contributed by atoms with Crippen LogP contribution in [0.1, 0.15) is 16.1 Å². The van der Waals surface area contributed by atoms with Gasteiger partial charge >= 0.3 is 0 Å². The number of aliphatic hydroxyl groups is 1. The Kier molecular flexibility index (Phi) is 3.69. The third-order valence-electron chi connectivity index (χ3n) is 2.06. The van der Waals surface area contributed by atoms with Gasteiger partial charge in [-0.15, -0.1) is 0 Å². The molecule has 2 rings (SSSR count). The summed E-state index contributed by atoms with van der Waals surface area (Å²) < 4.78 is 0. The summed E-state index contributed by atoms with van der Waals surface area (Å²) in [5.41, 5.74) is 1.02.